The van der Waals surface area contributed by atoms with Gasteiger partial charge in [0.25, 0.3) is 0 Å². The van der Waals surface area contributed by atoms with Crippen molar-refractivity contribution in [2.24, 2.45) is 16.8 Å². The van der Waals surface area contributed by atoms with E-state index in [-0.39, 0.29) is 5.84 Å². The summed E-state index contributed by atoms with van der Waals surface area (Å²) in [5.41, 5.74) is 5.47. The SMILES string of the molecule is CC(CC(N)=NO)N1CCC(CO)CC1. The van der Waals surface area contributed by atoms with Crippen LogP contribution in [0.5, 0.6) is 0 Å². The molecule has 0 aromatic rings. The fraction of sp³-hybridized carbons (Fsp3) is 0.900. The number of likely N-dealkylation sites (tertiary alicyclic amines) is 1. The summed E-state index contributed by atoms with van der Waals surface area (Å²) in [5, 5.41) is 20.5. The van der Waals surface area contributed by atoms with E-state index < -0.39 is 0 Å². The first-order valence-electron chi connectivity index (χ1n) is 5.48. The molecule has 1 unspecified atom stereocenters. The topological polar surface area (TPSA) is 82.1 Å². The van der Waals surface area contributed by atoms with Crippen molar-refractivity contribution in [3.63, 3.8) is 0 Å². The van der Waals surface area contributed by atoms with Crippen molar-refractivity contribution in [2.45, 2.75) is 32.2 Å². The van der Waals surface area contributed by atoms with E-state index in [0.29, 0.717) is 25.0 Å². The van der Waals surface area contributed by atoms with Gasteiger partial charge in [-0.05, 0) is 38.8 Å². The second kappa shape index (κ2) is 5.92. The molecule has 88 valence electrons. The number of nitrogens with zero attached hydrogens (tertiary/aromatic N) is 2. The Labute approximate surface area is 90.6 Å². The summed E-state index contributed by atoms with van der Waals surface area (Å²) >= 11 is 0. The van der Waals surface area contributed by atoms with E-state index in [1.165, 1.54) is 0 Å². The number of oxime groups is 1. The highest BCUT2D eigenvalue weighted by atomic mass is 16.4. The molecule has 5 nitrogen and oxygen atoms in total. The summed E-state index contributed by atoms with van der Waals surface area (Å²) in [4.78, 5) is 2.32. The lowest BCUT2D eigenvalue weighted by atomic mass is 9.96. The quantitative estimate of drug-likeness (QED) is 0.271. The molecule has 0 bridgehead atoms. The lowest BCUT2D eigenvalue weighted by Crippen LogP contribution is -2.42. The van der Waals surface area contributed by atoms with Crippen LogP contribution in [0.15, 0.2) is 5.16 Å². The summed E-state index contributed by atoms with van der Waals surface area (Å²) in [7, 11) is 0. The van der Waals surface area contributed by atoms with E-state index in [2.05, 4.69) is 17.0 Å². The van der Waals surface area contributed by atoms with Crippen molar-refractivity contribution in [1.82, 2.24) is 4.90 Å². The Bertz CT molecular complexity index is 213. The van der Waals surface area contributed by atoms with Crippen LogP contribution in [0.25, 0.3) is 0 Å². The Morgan fingerprint density at radius 3 is 2.60 bits per heavy atom. The monoisotopic (exact) mass is 215 g/mol. The molecule has 0 saturated carbocycles. The highest BCUT2D eigenvalue weighted by molar-refractivity contribution is 5.80. The van der Waals surface area contributed by atoms with Gasteiger partial charge in [0.1, 0.15) is 5.84 Å². The molecule has 1 heterocycles. The number of hydrogen-bond acceptors (Lipinski definition) is 4. The van der Waals surface area contributed by atoms with Gasteiger partial charge in [0, 0.05) is 19.1 Å². The van der Waals surface area contributed by atoms with Crippen LogP contribution in [0.2, 0.25) is 0 Å². The molecule has 15 heavy (non-hydrogen) atoms. The van der Waals surface area contributed by atoms with Gasteiger partial charge < -0.3 is 20.9 Å². The molecule has 0 aliphatic carbocycles. The smallest absolute Gasteiger partial charge is 0.140 e. The van der Waals surface area contributed by atoms with Crippen molar-refractivity contribution in [1.29, 1.82) is 0 Å². The van der Waals surface area contributed by atoms with Crippen molar-refractivity contribution >= 4 is 5.84 Å². The summed E-state index contributed by atoms with van der Waals surface area (Å²) in [5.74, 6) is 0.740. The van der Waals surface area contributed by atoms with E-state index in [0.717, 1.165) is 25.9 Å². The highest BCUT2D eigenvalue weighted by Crippen LogP contribution is 2.19. The summed E-state index contributed by atoms with van der Waals surface area (Å²) in [6, 6.07) is 0.306. The maximum Gasteiger partial charge on any atom is 0.140 e. The van der Waals surface area contributed by atoms with Gasteiger partial charge in [0.15, 0.2) is 0 Å². The van der Waals surface area contributed by atoms with Gasteiger partial charge in [-0.1, -0.05) is 5.16 Å². The van der Waals surface area contributed by atoms with Gasteiger partial charge in [0.05, 0.1) is 0 Å². The molecule has 0 aromatic carbocycles. The maximum atomic E-state index is 9.01. The molecule has 1 atom stereocenters. The first-order chi connectivity index (χ1) is 7.17. The summed E-state index contributed by atoms with van der Waals surface area (Å²) in [6.45, 7) is 4.36. The zero-order valence-corrected chi connectivity index (χ0v) is 9.26. The molecule has 0 radical (unpaired) electrons. The van der Waals surface area contributed by atoms with Crippen LogP contribution in [0.3, 0.4) is 0 Å². The predicted octanol–water partition coefficient (Wildman–Crippen LogP) is 0.216. The number of amidine groups is 1. The minimum atomic E-state index is 0.284. The minimum absolute atomic E-state index is 0.284. The summed E-state index contributed by atoms with van der Waals surface area (Å²) < 4.78 is 0. The first kappa shape index (κ1) is 12.3. The third kappa shape index (κ3) is 3.68. The van der Waals surface area contributed by atoms with E-state index >= 15 is 0 Å². The molecule has 1 aliphatic rings. The second-order valence-electron chi connectivity index (χ2n) is 4.31. The standard InChI is InChI=1S/C10H21N3O2/c1-8(6-10(11)12-15)13-4-2-9(7-14)3-5-13/h8-9,14-15H,2-7H2,1H3,(H2,11,12). The van der Waals surface area contributed by atoms with Crippen LogP contribution in [-0.4, -0.2) is 46.8 Å². The van der Waals surface area contributed by atoms with Gasteiger partial charge in [-0.2, -0.15) is 0 Å². The normalized spacial score (nSPS) is 22.9. The lowest BCUT2D eigenvalue weighted by Gasteiger charge is -2.35. The number of piperidine rings is 1. The van der Waals surface area contributed by atoms with Gasteiger partial charge in [0.2, 0.25) is 0 Å². The Morgan fingerprint density at radius 1 is 1.53 bits per heavy atom. The third-order valence-corrected chi connectivity index (χ3v) is 3.16. The van der Waals surface area contributed by atoms with E-state index in [1.807, 2.05) is 0 Å². The van der Waals surface area contributed by atoms with Crippen molar-refractivity contribution in [3.05, 3.63) is 0 Å². The van der Waals surface area contributed by atoms with Crippen LogP contribution in [-0.2, 0) is 0 Å². The zero-order chi connectivity index (χ0) is 11.3. The average molecular weight is 215 g/mol. The Morgan fingerprint density at radius 2 is 2.13 bits per heavy atom. The van der Waals surface area contributed by atoms with Crippen LogP contribution < -0.4 is 5.73 Å². The minimum Gasteiger partial charge on any atom is -0.409 e. The van der Waals surface area contributed by atoms with E-state index in [9.17, 15) is 0 Å². The number of hydrogen-bond donors (Lipinski definition) is 3. The lowest BCUT2D eigenvalue weighted by molar-refractivity contribution is 0.107. The molecule has 0 amide bonds. The van der Waals surface area contributed by atoms with Crippen molar-refractivity contribution in [2.75, 3.05) is 19.7 Å². The van der Waals surface area contributed by atoms with Gasteiger partial charge in [-0.25, -0.2) is 0 Å². The van der Waals surface area contributed by atoms with Crippen molar-refractivity contribution in [3.8, 4) is 0 Å². The van der Waals surface area contributed by atoms with E-state index in [4.69, 9.17) is 16.0 Å². The maximum absolute atomic E-state index is 9.01. The van der Waals surface area contributed by atoms with Crippen LogP contribution in [0.1, 0.15) is 26.2 Å². The predicted molar refractivity (Wildman–Crippen MR) is 58.9 cm³/mol. The number of nitrogens with two attached hydrogens (primary N) is 1. The van der Waals surface area contributed by atoms with Crippen LogP contribution in [0, 0.1) is 5.92 Å². The molecule has 0 aromatic heterocycles. The summed E-state index contributed by atoms with van der Waals surface area (Å²) in [6.07, 6.45) is 2.67. The average Bonchev–Trinajstić information content (AvgIpc) is 2.29. The molecule has 0 spiro atoms. The highest BCUT2D eigenvalue weighted by Gasteiger charge is 2.22. The van der Waals surface area contributed by atoms with Crippen LogP contribution in [0.4, 0.5) is 0 Å². The number of aliphatic hydroxyl groups excluding tert-OH is 1. The molecule has 1 rings (SSSR count). The molecular weight excluding hydrogens is 194 g/mol. The fourth-order valence-electron chi connectivity index (χ4n) is 2.05. The Kier molecular flexibility index (Phi) is 4.84. The van der Waals surface area contributed by atoms with Gasteiger partial charge in [-0.3, -0.25) is 0 Å². The fourth-order valence-corrected chi connectivity index (χ4v) is 2.05. The first-order valence-corrected chi connectivity index (χ1v) is 5.48. The van der Waals surface area contributed by atoms with E-state index in [1.54, 1.807) is 0 Å². The van der Waals surface area contributed by atoms with Crippen molar-refractivity contribution < 1.29 is 10.3 Å². The molecule has 1 saturated heterocycles. The number of rotatable bonds is 4. The van der Waals surface area contributed by atoms with Gasteiger partial charge in [-0.15, -0.1) is 0 Å². The molecule has 5 heteroatoms. The molecule has 4 N–H and O–H groups in total. The largest absolute Gasteiger partial charge is 0.409 e. The second-order valence-corrected chi connectivity index (χ2v) is 4.31. The third-order valence-electron chi connectivity index (χ3n) is 3.16. The Hall–Kier alpha value is -0.810. The molecule has 1 aliphatic heterocycles. The number of aliphatic hydroxyl groups is 1. The Balaban J connectivity index is 2.33. The zero-order valence-electron chi connectivity index (χ0n) is 9.26. The molecule has 1 fully saturated rings. The van der Waals surface area contributed by atoms with Crippen LogP contribution >= 0.6 is 0 Å². The molecular formula is C10H21N3O2. The van der Waals surface area contributed by atoms with Gasteiger partial charge >= 0.3 is 0 Å².